The number of anilines is 1. The maximum absolute atomic E-state index is 9.50. The molecular formula is C14H22N2O. The summed E-state index contributed by atoms with van der Waals surface area (Å²) in [6.07, 6.45) is 4.02. The summed E-state index contributed by atoms with van der Waals surface area (Å²) in [7, 11) is 2.17. The van der Waals surface area contributed by atoms with Crippen molar-refractivity contribution in [2.24, 2.45) is 0 Å². The van der Waals surface area contributed by atoms with E-state index in [2.05, 4.69) is 24.1 Å². The smallest absolute Gasteiger partial charge is 0.0541 e. The highest BCUT2D eigenvalue weighted by Gasteiger charge is 2.22. The number of aliphatic hydroxyl groups is 1. The lowest BCUT2D eigenvalue weighted by molar-refractivity contribution is 0.0818. The molecule has 1 aromatic rings. The minimum Gasteiger partial charge on any atom is -0.399 e. The number of hydrogen-bond acceptors (Lipinski definition) is 3. The van der Waals surface area contributed by atoms with E-state index in [4.69, 9.17) is 5.73 Å². The summed E-state index contributed by atoms with van der Waals surface area (Å²) in [6, 6.07) is 8.69. The standard InChI is InChI=1S/C14H22N2O/c1-16(13-6-8-14(17)9-7-13)10-11-2-4-12(15)5-3-11/h2-5,13-14,17H,6-10,15H2,1H3. The van der Waals surface area contributed by atoms with E-state index in [1.165, 1.54) is 5.56 Å². The molecule has 0 heterocycles. The number of nitrogens with zero attached hydrogens (tertiary/aromatic N) is 1. The summed E-state index contributed by atoms with van der Waals surface area (Å²) in [4.78, 5) is 2.39. The third-order valence-electron chi connectivity index (χ3n) is 3.70. The average molecular weight is 234 g/mol. The van der Waals surface area contributed by atoms with Crippen molar-refractivity contribution in [1.29, 1.82) is 0 Å². The lowest BCUT2D eigenvalue weighted by Crippen LogP contribution is -2.35. The van der Waals surface area contributed by atoms with Crippen molar-refractivity contribution >= 4 is 5.69 Å². The molecule has 0 aliphatic heterocycles. The molecule has 0 bridgehead atoms. The van der Waals surface area contributed by atoms with Crippen LogP contribution in [0, 0.1) is 0 Å². The maximum atomic E-state index is 9.50. The van der Waals surface area contributed by atoms with Crippen LogP contribution in [0.5, 0.6) is 0 Å². The van der Waals surface area contributed by atoms with Gasteiger partial charge in [0.05, 0.1) is 6.10 Å². The minimum absolute atomic E-state index is 0.0730. The van der Waals surface area contributed by atoms with Crippen LogP contribution in [-0.4, -0.2) is 29.2 Å². The van der Waals surface area contributed by atoms with Gasteiger partial charge in [0.25, 0.3) is 0 Å². The molecule has 94 valence electrons. The largest absolute Gasteiger partial charge is 0.399 e. The van der Waals surface area contributed by atoms with E-state index in [-0.39, 0.29) is 6.10 Å². The number of nitrogen functional groups attached to an aromatic ring is 1. The lowest BCUT2D eigenvalue weighted by Gasteiger charge is -2.33. The van der Waals surface area contributed by atoms with Crippen molar-refractivity contribution in [3.8, 4) is 0 Å². The van der Waals surface area contributed by atoms with Crippen molar-refractivity contribution in [2.45, 2.75) is 44.4 Å². The molecule has 1 aromatic carbocycles. The maximum Gasteiger partial charge on any atom is 0.0541 e. The second-order valence-electron chi connectivity index (χ2n) is 5.12. The van der Waals surface area contributed by atoms with Gasteiger partial charge < -0.3 is 10.8 Å². The van der Waals surface area contributed by atoms with E-state index in [1.54, 1.807) is 0 Å². The van der Waals surface area contributed by atoms with Gasteiger partial charge in [-0.05, 0) is 50.4 Å². The monoisotopic (exact) mass is 234 g/mol. The summed E-state index contributed by atoms with van der Waals surface area (Å²) in [5, 5.41) is 9.50. The zero-order chi connectivity index (χ0) is 12.3. The predicted molar refractivity (Wildman–Crippen MR) is 70.6 cm³/mol. The Balaban J connectivity index is 1.88. The SMILES string of the molecule is CN(Cc1ccc(N)cc1)C1CCC(O)CC1. The third-order valence-corrected chi connectivity index (χ3v) is 3.70. The Hall–Kier alpha value is -1.06. The Labute approximate surface area is 103 Å². The first kappa shape index (κ1) is 12.4. The van der Waals surface area contributed by atoms with Gasteiger partial charge in [-0.2, -0.15) is 0 Å². The molecule has 1 aliphatic rings. The van der Waals surface area contributed by atoms with Crippen LogP contribution in [0.2, 0.25) is 0 Å². The van der Waals surface area contributed by atoms with E-state index < -0.39 is 0 Å². The van der Waals surface area contributed by atoms with Gasteiger partial charge in [-0.3, -0.25) is 4.90 Å². The van der Waals surface area contributed by atoms with Crippen LogP contribution in [-0.2, 0) is 6.54 Å². The first-order valence-electron chi connectivity index (χ1n) is 6.38. The van der Waals surface area contributed by atoms with E-state index in [9.17, 15) is 5.11 Å². The molecule has 0 atom stereocenters. The second kappa shape index (κ2) is 5.52. The average Bonchev–Trinajstić information content (AvgIpc) is 2.33. The molecule has 1 aliphatic carbocycles. The quantitative estimate of drug-likeness (QED) is 0.787. The number of nitrogens with two attached hydrogens (primary N) is 1. The second-order valence-corrected chi connectivity index (χ2v) is 5.12. The lowest BCUT2D eigenvalue weighted by atomic mass is 9.92. The molecule has 3 heteroatoms. The van der Waals surface area contributed by atoms with Gasteiger partial charge in [0.1, 0.15) is 0 Å². The normalized spacial score (nSPS) is 25.1. The van der Waals surface area contributed by atoms with E-state index in [0.29, 0.717) is 6.04 Å². The Kier molecular flexibility index (Phi) is 4.02. The van der Waals surface area contributed by atoms with Gasteiger partial charge in [-0.25, -0.2) is 0 Å². The number of aliphatic hydroxyl groups excluding tert-OH is 1. The van der Waals surface area contributed by atoms with E-state index in [0.717, 1.165) is 37.9 Å². The van der Waals surface area contributed by atoms with Crippen LogP contribution < -0.4 is 5.73 Å². The fourth-order valence-corrected chi connectivity index (χ4v) is 2.54. The molecule has 0 amide bonds. The van der Waals surface area contributed by atoms with E-state index >= 15 is 0 Å². The molecule has 3 N–H and O–H groups in total. The Bertz CT molecular complexity index is 342. The van der Waals surface area contributed by atoms with Crippen LogP contribution in [0.25, 0.3) is 0 Å². The van der Waals surface area contributed by atoms with Crippen molar-refractivity contribution in [3.05, 3.63) is 29.8 Å². The fourth-order valence-electron chi connectivity index (χ4n) is 2.54. The highest BCUT2D eigenvalue weighted by atomic mass is 16.3. The van der Waals surface area contributed by atoms with Crippen molar-refractivity contribution in [1.82, 2.24) is 4.90 Å². The zero-order valence-corrected chi connectivity index (χ0v) is 10.5. The molecule has 17 heavy (non-hydrogen) atoms. The minimum atomic E-state index is -0.0730. The first-order valence-corrected chi connectivity index (χ1v) is 6.38. The number of hydrogen-bond donors (Lipinski definition) is 2. The molecule has 0 radical (unpaired) electrons. The molecular weight excluding hydrogens is 212 g/mol. The Morgan fingerprint density at radius 1 is 1.18 bits per heavy atom. The molecule has 1 saturated carbocycles. The van der Waals surface area contributed by atoms with Crippen molar-refractivity contribution in [2.75, 3.05) is 12.8 Å². The molecule has 2 rings (SSSR count). The van der Waals surface area contributed by atoms with Gasteiger partial charge in [-0.1, -0.05) is 12.1 Å². The van der Waals surface area contributed by atoms with Gasteiger partial charge >= 0.3 is 0 Å². The van der Waals surface area contributed by atoms with Crippen LogP contribution in [0.3, 0.4) is 0 Å². The van der Waals surface area contributed by atoms with Crippen molar-refractivity contribution in [3.63, 3.8) is 0 Å². The van der Waals surface area contributed by atoms with Crippen LogP contribution in [0.15, 0.2) is 24.3 Å². The number of rotatable bonds is 3. The van der Waals surface area contributed by atoms with Crippen LogP contribution in [0.4, 0.5) is 5.69 Å². The van der Waals surface area contributed by atoms with Gasteiger partial charge in [0.15, 0.2) is 0 Å². The summed E-state index contributed by atoms with van der Waals surface area (Å²) < 4.78 is 0. The highest BCUT2D eigenvalue weighted by Crippen LogP contribution is 2.23. The fraction of sp³-hybridized carbons (Fsp3) is 0.571. The summed E-state index contributed by atoms with van der Waals surface area (Å²) in [6.45, 7) is 0.959. The molecule has 0 spiro atoms. The summed E-state index contributed by atoms with van der Waals surface area (Å²) >= 11 is 0. The Morgan fingerprint density at radius 2 is 1.76 bits per heavy atom. The highest BCUT2D eigenvalue weighted by molar-refractivity contribution is 5.39. The Morgan fingerprint density at radius 3 is 2.35 bits per heavy atom. The van der Waals surface area contributed by atoms with Crippen molar-refractivity contribution < 1.29 is 5.11 Å². The molecule has 0 unspecified atom stereocenters. The summed E-state index contributed by atoms with van der Waals surface area (Å²) in [5.74, 6) is 0. The third kappa shape index (κ3) is 3.45. The van der Waals surface area contributed by atoms with Crippen LogP contribution >= 0.6 is 0 Å². The van der Waals surface area contributed by atoms with Gasteiger partial charge in [-0.15, -0.1) is 0 Å². The van der Waals surface area contributed by atoms with E-state index in [1.807, 2.05) is 12.1 Å². The first-order chi connectivity index (χ1) is 8.15. The van der Waals surface area contributed by atoms with Crippen LogP contribution in [0.1, 0.15) is 31.2 Å². The molecule has 0 aromatic heterocycles. The predicted octanol–water partition coefficient (Wildman–Crippen LogP) is 2.00. The van der Waals surface area contributed by atoms with Gasteiger partial charge in [0.2, 0.25) is 0 Å². The summed E-state index contributed by atoms with van der Waals surface area (Å²) in [5.41, 5.74) is 7.79. The number of benzene rings is 1. The molecule has 0 saturated heterocycles. The van der Waals surface area contributed by atoms with Gasteiger partial charge in [0, 0.05) is 18.3 Å². The topological polar surface area (TPSA) is 49.5 Å². The molecule has 1 fully saturated rings. The zero-order valence-electron chi connectivity index (χ0n) is 10.5. The molecule has 3 nitrogen and oxygen atoms in total.